The van der Waals surface area contributed by atoms with Gasteiger partial charge in [0.15, 0.2) is 5.11 Å². The van der Waals surface area contributed by atoms with Gasteiger partial charge >= 0.3 is 6.09 Å². The molecule has 5 aromatic rings. The molecule has 0 aliphatic carbocycles. The number of hydrogen-bond acceptors (Lipinski definition) is 6. The summed E-state index contributed by atoms with van der Waals surface area (Å²) in [4.78, 5) is 19.2. The van der Waals surface area contributed by atoms with Crippen LogP contribution in [0, 0.1) is 5.92 Å². The third-order valence-electron chi connectivity index (χ3n) is 8.64. The summed E-state index contributed by atoms with van der Waals surface area (Å²) < 4.78 is 5.39. The quantitative estimate of drug-likeness (QED) is 0.0939. The van der Waals surface area contributed by atoms with Crippen molar-refractivity contribution in [1.29, 1.82) is 0 Å². The largest absolute Gasteiger partial charge is 0.449 e. The third kappa shape index (κ3) is 10.3. The predicted molar refractivity (Wildman–Crippen MR) is 217 cm³/mol. The van der Waals surface area contributed by atoms with Gasteiger partial charge in [-0.05, 0) is 82.4 Å². The van der Waals surface area contributed by atoms with E-state index in [9.17, 15) is 4.79 Å². The number of carbonyl (C=O) groups is 1. The number of nitrogens with zero attached hydrogens (tertiary/aromatic N) is 3. The minimum atomic E-state index is -0.580. The Hall–Kier alpha value is -5.34. The van der Waals surface area contributed by atoms with Crippen molar-refractivity contribution in [3.63, 3.8) is 0 Å². The Morgan fingerprint density at radius 2 is 1.14 bits per heavy atom. The zero-order chi connectivity index (χ0) is 36.3. The fraction of sp³-hybridized carbons (Fsp3) is 0.256. The molecule has 1 amide bonds. The average molecular weight is 700 g/mol. The van der Waals surface area contributed by atoms with Crippen LogP contribution in [0.2, 0.25) is 0 Å². The molecule has 5 aromatic carbocycles. The SMILES string of the molecule is CC(C)COC(=O)NC(=S)Nc1cc(N(Cc2ccccc2)Cc2ccccc2)ccc1C(c1ccc(N(C)C)cc1)c1ccc(N(C)C)cc1. The van der Waals surface area contributed by atoms with Crippen LogP contribution in [-0.4, -0.2) is 46.0 Å². The van der Waals surface area contributed by atoms with Gasteiger partial charge in [0.05, 0.1) is 6.61 Å². The van der Waals surface area contributed by atoms with Gasteiger partial charge in [0.25, 0.3) is 0 Å². The van der Waals surface area contributed by atoms with Gasteiger partial charge in [-0.2, -0.15) is 0 Å². The van der Waals surface area contributed by atoms with Gasteiger partial charge in [0.1, 0.15) is 0 Å². The molecule has 5 rings (SSSR count). The van der Waals surface area contributed by atoms with Crippen molar-refractivity contribution in [1.82, 2.24) is 5.32 Å². The minimum absolute atomic E-state index is 0.138. The molecule has 0 unspecified atom stereocenters. The Morgan fingerprint density at radius 1 is 0.667 bits per heavy atom. The standard InChI is InChI=1S/C43H49N5O2S/c1-31(2)30-50-43(49)45-42(51)44-40-27-38(48(28-32-13-9-7-10-14-32)29-33-15-11-8-12-16-33)25-26-39(40)41(34-17-21-36(22-18-34)46(3)4)35-19-23-37(24-20-35)47(5)6/h7-27,31,41H,28-30H2,1-6H3,(H2,44,45,49,51). The molecule has 0 fully saturated rings. The molecule has 0 spiro atoms. The lowest BCUT2D eigenvalue weighted by Gasteiger charge is -2.29. The summed E-state index contributed by atoms with van der Waals surface area (Å²) in [5.74, 6) is 0.0701. The summed E-state index contributed by atoms with van der Waals surface area (Å²) in [7, 11) is 8.18. The predicted octanol–water partition coefficient (Wildman–Crippen LogP) is 9.28. The molecular formula is C43H49N5O2S. The molecule has 0 aliphatic heterocycles. The molecule has 51 heavy (non-hydrogen) atoms. The van der Waals surface area contributed by atoms with E-state index in [2.05, 4.69) is 141 Å². The highest BCUT2D eigenvalue weighted by Gasteiger charge is 2.23. The Morgan fingerprint density at radius 3 is 1.59 bits per heavy atom. The summed E-state index contributed by atoms with van der Waals surface area (Å²) >= 11 is 5.73. The van der Waals surface area contributed by atoms with Crippen molar-refractivity contribution in [2.24, 2.45) is 5.92 Å². The van der Waals surface area contributed by atoms with Crippen molar-refractivity contribution < 1.29 is 9.53 Å². The van der Waals surface area contributed by atoms with Crippen molar-refractivity contribution in [2.45, 2.75) is 32.9 Å². The van der Waals surface area contributed by atoms with Gasteiger partial charge in [0, 0.05) is 69.9 Å². The molecule has 0 bridgehead atoms. The molecule has 8 heteroatoms. The van der Waals surface area contributed by atoms with E-state index in [-0.39, 0.29) is 16.9 Å². The molecule has 0 radical (unpaired) electrons. The van der Waals surface area contributed by atoms with E-state index in [1.165, 1.54) is 11.1 Å². The number of anilines is 4. The Kier molecular flexibility index (Phi) is 12.7. The third-order valence-corrected chi connectivity index (χ3v) is 8.85. The molecular weight excluding hydrogens is 651 g/mol. The highest BCUT2D eigenvalue weighted by molar-refractivity contribution is 7.80. The van der Waals surface area contributed by atoms with E-state index in [0.717, 1.165) is 39.4 Å². The van der Waals surface area contributed by atoms with E-state index >= 15 is 0 Å². The van der Waals surface area contributed by atoms with Gasteiger partial charge in [-0.3, -0.25) is 5.32 Å². The summed E-state index contributed by atoms with van der Waals surface area (Å²) in [5.41, 5.74) is 9.76. The summed E-state index contributed by atoms with van der Waals surface area (Å²) in [5, 5.41) is 6.31. The van der Waals surface area contributed by atoms with Crippen LogP contribution in [-0.2, 0) is 17.8 Å². The number of rotatable bonds is 13. The number of thiocarbonyl (C=S) groups is 1. The van der Waals surface area contributed by atoms with Gasteiger partial charge in [0.2, 0.25) is 0 Å². The van der Waals surface area contributed by atoms with Crippen LogP contribution in [0.25, 0.3) is 0 Å². The smallest absolute Gasteiger partial charge is 0.413 e. The van der Waals surface area contributed by atoms with Gasteiger partial charge in [-0.1, -0.05) is 105 Å². The van der Waals surface area contributed by atoms with Crippen molar-refractivity contribution in [2.75, 3.05) is 54.8 Å². The van der Waals surface area contributed by atoms with E-state index in [1.807, 2.05) is 54.2 Å². The van der Waals surface area contributed by atoms with Gasteiger partial charge in [-0.15, -0.1) is 0 Å². The first kappa shape index (κ1) is 36.9. The fourth-order valence-corrected chi connectivity index (χ4v) is 6.15. The number of alkyl carbamates (subject to hydrolysis) is 1. The van der Waals surface area contributed by atoms with E-state index < -0.39 is 6.09 Å². The maximum absolute atomic E-state index is 12.7. The Labute approximate surface area is 308 Å². The first-order valence-corrected chi connectivity index (χ1v) is 17.7. The number of nitrogens with one attached hydrogen (secondary N) is 2. The number of benzene rings is 5. The van der Waals surface area contributed by atoms with E-state index in [4.69, 9.17) is 17.0 Å². The Balaban J connectivity index is 1.62. The molecule has 0 aliphatic rings. The van der Waals surface area contributed by atoms with Crippen LogP contribution >= 0.6 is 12.2 Å². The molecule has 264 valence electrons. The average Bonchev–Trinajstić information content (AvgIpc) is 3.12. The Bertz CT molecular complexity index is 1770. The van der Waals surface area contributed by atoms with Crippen LogP contribution in [0.4, 0.5) is 27.5 Å². The second kappa shape index (κ2) is 17.5. The lowest BCUT2D eigenvalue weighted by Crippen LogP contribution is -2.35. The lowest BCUT2D eigenvalue weighted by molar-refractivity contribution is 0.138. The van der Waals surface area contributed by atoms with Gasteiger partial charge in [-0.25, -0.2) is 4.79 Å². The summed E-state index contributed by atoms with van der Waals surface area (Å²) in [6.45, 7) is 5.71. The normalized spacial score (nSPS) is 10.9. The summed E-state index contributed by atoms with van der Waals surface area (Å²) in [6.07, 6.45) is -0.580. The van der Waals surface area contributed by atoms with Crippen LogP contribution in [0.1, 0.15) is 47.6 Å². The molecule has 0 heterocycles. The minimum Gasteiger partial charge on any atom is -0.449 e. The topological polar surface area (TPSA) is 60.1 Å². The molecule has 0 atom stereocenters. The molecule has 7 nitrogen and oxygen atoms in total. The molecule has 2 N–H and O–H groups in total. The zero-order valence-electron chi connectivity index (χ0n) is 30.5. The monoisotopic (exact) mass is 699 g/mol. The maximum Gasteiger partial charge on any atom is 0.413 e. The van der Waals surface area contributed by atoms with Crippen LogP contribution < -0.4 is 25.3 Å². The highest BCUT2D eigenvalue weighted by atomic mass is 32.1. The maximum atomic E-state index is 12.7. The van der Waals surface area contributed by atoms with Crippen molar-refractivity contribution in [3.8, 4) is 0 Å². The van der Waals surface area contributed by atoms with Crippen LogP contribution in [0.5, 0.6) is 0 Å². The first-order valence-electron chi connectivity index (χ1n) is 17.3. The molecule has 0 saturated carbocycles. The van der Waals surface area contributed by atoms with Crippen molar-refractivity contribution >= 4 is 46.2 Å². The number of ether oxygens (including phenoxy) is 1. The van der Waals surface area contributed by atoms with Crippen LogP contribution in [0.3, 0.4) is 0 Å². The van der Waals surface area contributed by atoms with Crippen LogP contribution in [0.15, 0.2) is 127 Å². The lowest BCUT2D eigenvalue weighted by atomic mass is 9.83. The second-order valence-electron chi connectivity index (χ2n) is 13.6. The number of carbonyl (C=O) groups excluding carboxylic acids is 1. The van der Waals surface area contributed by atoms with Crippen molar-refractivity contribution in [3.05, 3.63) is 155 Å². The molecule has 0 aromatic heterocycles. The zero-order valence-corrected chi connectivity index (χ0v) is 31.3. The highest BCUT2D eigenvalue weighted by Crippen LogP contribution is 2.39. The second-order valence-corrected chi connectivity index (χ2v) is 14.0. The number of hydrogen-bond donors (Lipinski definition) is 2. The number of amides is 1. The summed E-state index contributed by atoms with van der Waals surface area (Å²) in [6, 6.07) is 44.8. The first-order chi connectivity index (χ1) is 24.6. The van der Waals surface area contributed by atoms with Gasteiger partial charge < -0.3 is 24.8 Å². The molecule has 0 saturated heterocycles. The van der Waals surface area contributed by atoms with E-state index in [1.54, 1.807) is 0 Å². The van der Waals surface area contributed by atoms with E-state index in [0.29, 0.717) is 19.7 Å². The fourth-order valence-electron chi connectivity index (χ4n) is 5.95.